The molecule has 0 bridgehead atoms. The number of nitrogens with one attached hydrogen (secondary N) is 1. The number of anilines is 1. The number of benzene rings is 2. The van der Waals surface area contributed by atoms with E-state index < -0.39 is 33.0 Å². The van der Waals surface area contributed by atoms with Gasteiger partial charge in [0, 0.05) is 0 Å². The van der Waals surface area contributed by atoms with E-state index in [4.69, 9.17) is 0 Å². The molecule has 0 atom stereocenters. The minimum atomic E-state index is -5.05. The van der Waals surface area contributed by atoms with Gasteiger partial charge in [0.15, 0.2) is 0 Å². The van der Waals surface area contributed by atoms with Crippen molar-refractivity contribution >= 4 is 21.7 Å². The normalized spacial score (nSPS) is 11.7. The molecule has 2 rings (SSSR count). The SMILES string of the molecule is COC(=O)c1ccc(C)c(NS(=O)(=O)c2ccccc2OC(F)(F)F)c1. The number of hydrogen-bond donors (Lipinski definition) is 1. The van der Waals surface area contributed by atoms with Crippen LogP contribution in [0.25, 0.3) is 0 Å². The minimum absolute atomic E-state index is 0.0229. The third-order valence-corrected chi connectivity index (χ3v) is 4.67. The lowest BCUT2D eigenvalue weighted by atomic mass is 10.1. The van der Waals surface area contributed by atoms with E-state index in [-0.39, 0.29) is 11.3 Å². The third-order valence-electron chi connectivity index (χ3n) is 3.27. The van der Waals surface area contributed by atoms with E-state index in [0.717, 1.165) is 19.2 Å². The molecule has 0 radical (unpaired) electrons. The molecule has 26 heavy (non-hydrogen) atoms. The van der Waals surface area contributed by atoms with Crippen LogP contribution in [0, 0.1) is 6.92 Å². The zero-order valence-corrected chi connectivity index (χ0v) is 14.4. The lowest BCUT2D eigenvalue weighted by Crippen LogP contribution is -2.21. The Morgan fingerprint density at radius 1 is 1.12 bits per heavy atom. The second kappa shape index (κ2) is 7.24. The molecule has 0 spiro atoms. The molecular formula is C16H14F3NO5S. The Bertz CT molecular complexity index is 926. The maximum atomic E-state index is 12.5. The van der Waals surface area contributed by atoms with E-state index in [2.05, 4.69) is 14.2 Å². The Morgan fingerprint density at radius 2 is 1.77 bits per heavy atom. The highest BCUT2D eigenvalue weighted by Crippen LogP contribution is 2.31. The van der Waals surface area contributed by atoms with E-state index in [0.29, 0.717) is 5.56 Å². The number of carbonyl (C=O) groups is 1. The van der Waals surface area contributed by atoms with Gasteiger partial charge in [0.05, 0.1) is 18.4 Å². The largest absolute Gasteiger partial charge is 0.573 e. The quantitative estimate of drug-likeness (QED) is 0.792. The lowest BCUT2D eigenvalue weighted by molar-refractivity contribution is -0.275. The molecule has 0 aliphatic rings. The van der Waals surface area contributed by atoms with Crippen LogP contribution in [0.2, 0.25) is 0 Å². The first kappa shape index (κ1) is 19.6. The van der Waals surface area contributed by atoms with Gasteiger partial charge in [-0.2, -0.15) is 0 Å². The number of ether oxygens (including phenoxy) is 2. The van der Waals surface area contributed by atoms with E-state index in [1.54, 1.807) is 6.92 Å². The summed E-state index contributed by atoms with van der Waals surface area (Å²) < 4.78 is 73.0. The van der Waals surface area contributed by atoms with Gasteiger partial charge in [-0.3, -0.25) is 4.72 Å². The Labute approximate surface area is 147 Å². The average Bonchev–Trinajstić information content (AvgIpc) is 2.55. The van der Waals surface area contributed by atoms with Crippen molar-refractivity contribution in [3.05, 3.63) is 53.6 Å². The maximum absolute atomic E-state index is 12.5. The zero-order valence-electron chi connectivity index (χ0n) is 13.6. The van der Waals surface area contributed by atoms with Crippen LogP contribution >= 0.6 is 0 Å². The molecule has 0 fully saturated rings. The number of methoxy groups -OCH3 is 1. The van der Waals surface area contributed by atoms with Crippen molar-refractivity contribution < 1.29 is 35.9 Å². The van der Waals surface area contributed by atoms with Crippen molar-refractivity contribution in [2.45, 2.75) is 18.2 Å². The van der Waals surface area contributed by atoms with Crippen LogP contribution in [0.3, 0.4) is 0 Å². The van der Waals surface area contributed by atoms with Gasteiger partial charge in [-0.25, -0.2) is 13.2 Å². The van der Waals surface area contributed by atoms with E-state index in [9.17, 15) is 26.4 Å². The Kier molecular flexibility index (Phi) is 5.45. The molecule has 2 aromatic carbocycles. The van der Waals surface area contributed by atoms with E-state index in [1.165, 1.54) is 30.3 Å². The van der Waals surface area contributed by atoms with Crippen LogP contribution < -0.4 is 9.46 Å². The summed E-state index contributed by atoms with van der Waals surface area (Å²) >= 11 is 0. The molecule has 0 saturated carbocycles. The van der Waals surface area contributed by atoms with Crippen LogP contribution in [0.1, 0.15) is 15.9 Å². The van der Waals surface area contributed by atoms with Gasteiger partial charge in [0.2, 0.25) is 0 Å². The number of halogens is 3. The fraction of sp³-hybridized carbons (Fsp3) is 0.188. The van der Waals surface area contributed by atoms with Crippen LogP contribution in [0.15, 0.2) is 47.4 Å². The second-order valence-corrected chi connectivity index (χ2v) is 6.77. The summed E-state index contributed by atoms with van der Waals surface area (Å²) in [4.78, 5) is 10.9. The standard InChI is InChI=1S/C16H14F3NO5S/c1-10-7-8-11(15(21)24-2)9-12(10)20-26(22,23)14-6-4-3-5-13(14)25-16(17,18)19/h3-9,20H,1-2H3. The summed E-state index contributed by atoms with van der Waals surface area (Å²) in [6, 6.07) is 8.47. The topological polar surface area (TPSA) is 81.7 Å². The van der Waals surface area contributed by atoms with Gasteiger partial charge in [0.1, 0.15) is 10.6 Å². The van der Waals surface area contributed by atoms with Gasteiger partial charge < -0.3 is 9.47 Å². The maximum Gasteiger partial charge on any atom is 0.573 e. The number of hydrogen-bond acceptors (Lipinski definition) is 5. The number of rotatable bonds is 5. The predicted octanol–water partition coefficient (Wildman–Crippen LogP) is 3.48. The molecule has 0 unspecified atom stereocenters. The molecule has 0 aliphatic carbocycles. The summed E-state index contributed by atoms with van der Waals surface area (Å²) in [5, 5.41) is 0. The number of para-hydroxylation sites is 1. The number of alkyl halides is 3. The van der Waals surface area contributed by atoms with Crippen molar-refractivity contribution in [2.75, 3.05) is 11.8 Å². The molecule has 10 heteroatoms. The number of sulfonamides is 1. The Morgan fingerprint density at radius 3 is 2.38 bits per heavy atom. The van der Waals surface area contributed by atoms with Crippen molar-refractivity contribution in [3.8, 4) is 5.75 Å². The highest BCUT2D eigenvalue weighted by molar-refractivity contribution is 7.92. The molecule has 0 heterocycles. The third kappa shape index (κ3) is 4.66. The minimum Gasteiger partial charge on any atom is -0.465 e. The van der Waals surface area contributed by atoms with Gasteiger partial charge in [-0.05, 0) is 36.8 Å². The summed E-state index contributed by atoms with van der Waals surface area (Å²) in [6.45, 7) is 1.57. The molecule has 2 aromatic rings. The Hall–Kier alpha value is -2.75. The summed E-state index contributed by atoms with van der Waals surface area (Å²) in [5.41, 5.74) is 0.556. The summed E-state index contributed by atoms with van der Waals surface area (Å²) in [7, 11) is -3.25. The van der Waals surface area contributed by atoms with Gasteiger partial charge in [-0.1, -0.05) is 18.2 Å². The smallest absolute Gasteiger partial charge is 0.465 e. The van der Waals surface area contributed by atoms with Gasteiger partial charge >= 0.3 is 12.3 Å². The lowest BCUT2D eigenvalue weighted by Gasteiger charge is -2.15. The number of aryl methyl sites for hydroxylation is 1. The van der Waals surface area contributed by atoms with Crippen molar-refractivity contribution in [3.63, 3.8) is 0 Å². The number of esters is 1. The van der Waals surface area contributed by atoms with Crippen molar-refractivity contribution in [2.24, 2.45) is 0 Å². The molecule has 0 amide bonds. The fourth-order valence-electron chi connectivity index (χ4n) is 2.06. The van der Waals surface area contributed by atoms with Gasteiger partial charge in [0.25, 0.3) is 10.0 Å². The van der Waals surface area contributed by atoms with Crippen LogP contribution in [0.4, 0.5) is 18.9 Å². The van der Waals surface area contributed by atoms with Crippen LogP contribution in [-0.4, -0.2) is 27.9 Å². The highest BCUT2D eigenvalue weighted by Gasteiger charge is 2.34. The highest BCUT2D eigenvalue weighted by atomic mass is 32.2. The summed E-state index contributed by atoms with van der Waals surface area (Å²) in [6.07, 6.45) is -5.05. The van der Waals surface area contributed by atoms with Crippen molar-refractivity contribution in [1.29, 1.82) is 0 Å². The van der Waals surface area contributed by atoms with Crippen LogP contribution in [-0.2, 0) is 14.8 Å². The van der Waals surface area contributed by atoms with Gasteiger partial charge in [-0.15, -0.1) is 13.2 Å². The average molecular weight is 389 g/mol. The molecule has 0 aromatic heterocycles. The number of carbonyl (C=O) groups excluding carboxylic acids is 1. The molecule has 0 saturated heterocycles. The molecule has 0 aliphatic heterocycles. The zero-order chi connectivity index (χ0) is 19.5. The first-order valence-electron chi connectivity index (χ1n) is 7.10. The first-order valence-corrected chi connectivity index (χ1v) is 8.58. The molecule has 1 N–H and O–H groups in total. The van der Waals surface area contributed by atoms with E-state index in [1.807, 2.05) is 0 Å². The molecule has 140 valence electrons. The summed E-state index contributed by atoms with van der Waals surface area (Å²) in [5.74, 6) is -1.56. The predicted molar refractivity (Wildman–Crippen MR) is 86.5 cm³/mol. The fourth-order valence-corrected chi connectivity index (χ4v) is 3.31. The first-order chi connectivity index (χ1) is 12.0. The second-order valence-electron chi connectivity index (χ2n) is 5.12. The monoisotopic (exact) mass is 389 g/mol. The van der Waals surface area contributed by atoms with Crippen LogP contribution in [0.5, 0.6) is 5.75 Å². The molecule has 6 nitrogen and oxygen atoms in total. The molecular weight excluding hydrogens is 375 g/mol. The van der Waals surface area contributed by atoms with Crippen molar-refractivity contribution in [1.82, 2.24) is 0 Å². The Balaban J connectivity index is 2.43. The van der Waals surface area contributed by atoms with E-state index >= 15 is 0 Å².